The number of carbonyl (C=O) groups is 2. The van der Waals surface area contributed by atoms with Crippen molar-refractivity contribution in [1.29, 1.82) is 0 Å². The summed E-state index contributed by atoms with van der Waals surface area (Å²) in [6.07, 6.45) is -0.0229. The Morgan fingerprint density at radius 3 is 2.77 bits per heavy atom. The van der Waals surface area contributed by atoms with Crippen LogP contribution >= 0.6 is 22.7 Å². The first-order chi connectivity index (χ1) is 12.6. The molecular formula is C18H14FNO4S2. The molecule has 134 valence electrons. The number of ether oxygens (including phenoxy) is 2. The van der Waals surface area contributed by atoms with E-state index in [1.54, 1.807) is 16.7 Å². The molecule has 0 N–H and O–H groups in total. The van der Waals surface area contributed by atoms with Crippen LogP contribution in [0.15, 0.2) is 40.4 Å². The highest BCUT2D eigenvalue weighted by atomic mass is 32.1. The minimum absolute atomic E-state index is 0.0229. The number of ketones is 1. The van der Waals surface area contributed by atoms with Gasteiger partial charge in [0.25, 0.3) is 0 Å². The molecule has 0 aliphatic rings. The number of esters is 1. The summed E-state index contributed by atoms with van der Waals surface area (Å²) in [5.74, 6) is -1.65. The van der Waals surface area contributed by atoms with Crippen molar-refractivity contribution in [3.8, 4) is 16.3 Å². The van der Waals surface area contributed by atoms with Crippen molar-refractivity contribution in [2.75, 3.05) is 13.7 Å². The summed E-state index contributed by atoms with van der Waals surface area (Å²) in [5, 5.41) is 6.56. The first kappa shape index (κ1) is 18.2. The molecule has 8 heteroatoms. The van der Waals surface area contributed by atoms with Crippen LogP contribution in [0.4, 0.5) is 4.39 Å². The standard InChI is InChI=1S/C18H14FNO4S2/c1-23-16-3-2-11(6-14(16)19)15(21)8-24-17(22)7-13-10-26-18(20-13)12-4-5-25-9-12/h2-6,9-10H,7-8H2,1H3. The second kappa shape index (κ2) is 8.20. The zero-order valence-corrected chi connectivity index (χ0v) is 15.4. The van der Waals surface area contributed by atoms with Gasteiger partial charge < -0.3 is 9.47 Å². The molecule has 1 aromatic carbocycles. The van der Waals surface area contributed by atoms with Crippen LogP contribution in [0.5, 0.6) is 5.75 Å². The molecule has 3 rings (SSSR count). The van der Waals surface area contributed by atoms with Crippen LogP contribution in [-0.4, -0.2) is 30.5 Å². The number of carbonyl (C=O) groups excluding carboxylic acids is 2. The summed E-state index contributed by atoms with van der Waals surface area (Å²) in [4.78, 5) is 28.3. The lowest BCUT2D eigenvalue weighted by Crippen LogP contribution is -2.16. The average molecular weight is 391 g/mol. The van der Waals surface area contributed by atoms with E-state index in [-0.39, 0.29) is 17.7 Å². The van der Waals surface area contributed by atoms with E-state index in [2.05, 4.69) is 4.98 Å². The van der Waals surface area contributed by atoms with Crippen molar-refractivity contribution in [2.24, 2.45) is 0 Å². The van der Waals surface area contributed by atoms with Gasteiger partial charge in [-0.05, 0) is 29.6 Å². The summed E-state index contributed by atoms with van der Waals surface area (Å²) < 4.78 is 23.4. The van der Waals surface area contributed by atoms with Gasteiger partial charge in [0, 0.05) is 21.9 Å². The zero-order valence-electron chi connectivity index (χ0n) is 13.7. The summed E-state index contributed by atoms with van der Waals surface area (Å²) in [6, 6.07) is 5.79. The smallest absolute Gasteiger partial charge is 0.312 e. The first-order valence-corrected chi connectivity index (χ1v) is 9.38. The highest BCUT2D eigenvalue weighted by Gasteiger charge is 2.14. The molecule has 26 heavy (non-hydrogen) atoms. The fraction of sp³-hybridized carbons (Fsp3) is 0.167. The van der Waals surface area contributed by atoms with Crippen LogP contribution in [0.3, 0.4) is 0 Å². The quantitative estimate of drug-likeness (QED) is 0.450. The van der Waals surface area contributed by atoms with E-state index in [1.807, 2.05) is 16.8 Å². The number of Topliss-reactive ketones (excluding diaryl/α,β-unsaturated/α-hetero) is 1. The summed E-state index contributed by atoms with van der Waals surface area (Å²) in [5.41, 5.74) is 1.71. The van der Waals surface area contributed by atoms with Gasteiger partial charge >= 0.3 is 5.97 Å². The Balaban J connectivity index is 1.54. The molecule has 0 saturated carbocycles. The molecule has 5 nitrogen and oxygen atoms in total. The molecule has 0 aliphatic heterocycles. The van der Waals surface area contributed by atoms with Gasteiger partial charge in [-0.15, -0.1) is 11.3 Å². The molecule has 0 radical (unpaired) electrons. The topological polar surface area (TPSA) is 65.5 Å². The van der Waals surface area contributed by atoms with Gasteiger partial charge in [-0.3, -0.25) is 9.59 Å². The maximum Gasteiger partial charge on any atom is 0.312 e. The number of nitrogens with zero attached hydrogens (tertiary/aromatic N) is 1. The van der Waals surface area contributed by atoms with Gasteiger partial charge in [0.2, 0.25) is 0 Å². The number of benzene rings is 1. The lowest BCUT2D eigenvalue weighted by atomic mass is 10.1. The minimum atomic E-state index is -0.645. The van der Waals surface area contributed by atoms with Gasteiger partial charge in [0.15, 0.2) is 24.0 Å². The van der Waals surface area contributed by atoms with E-state index in [4.69, 9.17) is 9.47 Å². The number of thiazole rings is 1. The van der Waals surface area contributed by atoms with Gasteiger partial charge in [0.1, 0.15) is 5.01 Å². The number of thiophene rings is 1. The van der Waals surface area contributed by atoms with Crippen LogP contribution in [0.2, 0.25) is 0 Å². The lowest BCUT2D eigenvalue weighted by Gasteiger charge is -2.05. The van der Waals surface area contributed by atoms with E-state index in [0.717, 1.165) is 16.6 Å². The molecule has 0 unspecified atom stereocenters. The largest absolute Gasteiger partial charge is 0.494 e. The first-order valence-electron chi connectivity index (χ1n) is 7.56. The zero-order chi connectivity index (χ0) is 18.5. The van der Waals surface area contributed by atoms with Gasteiger partial charge in [-0.25, -0.2) is 9.37 Å². The van der Waals surface area contributed by atoms with Gasteiger partial charge in [0.05, 0.1) is 19.2 Å². The van der Waals surface area contributed by atoms with E-state index in [9.17, 15) is 14.0 Å². The lowest BCUT2D eigenvalue weighted by molar-refractivity contribution is -0.141. The predicted molar refractivity (Wildman–Crippen MR) is 97.4 cm³/mol. The Morgan fingerprint density at radius 1 is 1.23 bits per heavy atom. The van der Waals surface area contributed by atoms with Crippen LogP contribution in [-0.2, 0) is 16.0 Å². The third kappa shape index (κ3) is 4.33. The second-order valence-electron chi connectivity index (χ2n) is 5.27. The average Bonchev–Trinajstić information content (AvgIpc) is 3.31. The van der Waals surface area contributed by atoms with Crippen molar-refractivity contribution in [3.63, 3.8) is 0 Å². The maximum absolute atomic E-state index is 13.6. The van der Waals surface area contributed by atoms with Crippen molar-refractivity contribution >= 4 is 34.4 Å². The van der Waals surface area contributed by atoms with E-state index in [0.29, 0.717) is 5.69 Å². The van der Waals surface area contributed by atoms with Crippen molar-refractivity contribution in [2.45, 2.75) is 6.42 Å². The molecule has 0 amide bonds. The van der Waals surface area contributed by atoms with Gasteiger partial charge in [-0.1, -0.05) is 0 Å². The van der Waals surface area contributed by atoms with Crippen LogP contribution in [0, 0.1) is 5.82 Å². The fourth-order valence-electron chi connectivity index (χ4n) is 2.18. The molecule has 2 heterocycles. The van der Waals surface area contributed by atoms with Crippen LogP contribution in [0.1, 0.15) is 16.1 Å². The van der Waals surface area contributed by atoms with E-state index in [1.165, 1.54) is 30.6 Å². The Bertz CT molecular complexity index is 921. The molecule has 3 aromatic rings. The van der Waals surface area contributed by atoms with Gasteiger partial charge in [-0.2, -0.15) is 11.3 Å². The minimum Gasteiger partial charge on any atom is -0.494 e. The Labute approximate surface area is 157 Å². The van der Waals surface area contributed by atoms with Crippen LogP contribution in [0.25, 0.3) is 10.6 Å². The molecular weight excluding hydrogens is 377 g/mol. The van der Waals surface area contributed by atoms with Crippen molar-refractivity contribution in [1.82, 2.24) is 4.98 Å². The Morgan fingerprint density at radius 2 is 2.08 bits per heavy atom. The number of hydrogen-bond donors (Lipinski definition) is 0. The monoisotopic (exact) mass is 391 g/mol. The highest BCUT2D eigenvalue weighted by Crippen LogP contribution is 2.26. The molecule has 0 aliphatic carbocycles. The molecule has 0 saturated heterocycles. The number of methoxy groups -OCH3 is 1. The number of hydrogen-bond acceptors (Lipinski definition) is 7. The normalized spacial score (nSPS) is 10.5. The summed E-state index contributed by atoms with van der Waals surface area (Å²) in [7, 11) is 1.34. The molecule has 0 fully saturated rings. The molecule has 2 aromatic heterocycles. The second-order valence-corrected chi connectivity index (χ2v) is 6.90. The summed E-state index contributed by atoms with van der Waals surface area (Å²) >= 11 is 3.02. The fourth-order valence-corrected chi connectivity index (χ4v) is 3.71. The van der Waals surface area contributed by atoms with Crippen LogP contribution < -0.4 is 4.74 Å². The van der Waals surface area contributed by atoms with Crippen molar-refractivity contribution in [3.05, 3.63) is 57.5 Å². The summed E-state index contributed by atoms with van der Waals surface area (Å²) in [6.45, 7) is -0.452. The van der Waals surface area contributed by atoms with E-state index >= 15 is 0 Å². The maximum atomic E-state index is 13.6. The number of aromatic nitrogens is 1. The molecule has 0 spiro atoms. The third-order valence-electron chi connectivity index (χ3n) is 3.48. The van der Waals surface area contributed by atoms with E-state index < -0.39 is 24.2 Å². The third-order valence-corrected chi connectivity index (χ3v) is 5.11. The number of halogens is 1. The SMILES string of the molecule is COc1ccc(C(=O)COC(=O)Cc2csc(-c3ccsc3)n2)cc1F. The Hall–Kier alpha value is -2.58. The van der Waals surface area contributed by atoms with Crippen molar-refractivity contribution < 1.29 is 23.5 Å². The molecule has 0 bridgehead atoms. The highest BCUT2D eigenvalue weighted by molar-refractivity contribution is 7.14. The predicted octanol–water partition coefficient (Wildman–Crippen LogP) is 3.99. The molecule has 0 atom stereocenters. The Kier molecular flexibility index (Phi) is 5.75. The number of rotatable bonds is 7.